The number of thiazole rings is 1. The molecule has 0 aliphatic rings. The summed E-state index contributed by atoms with van der Waals surface area (Å²) in [5, 5.41) is 9.98. The number of hydrogen-bond acceptors (Lipinski definition) is 4. The number of aliphatic carboxylic acids is 1. The Kier molecular flexibility index (Phi) is 4.06. The van der Waals surface area contributed by atoms with Crippen molar-refractivity contribution in [2.75, 3.05) is 0 Å². The van der Waals surface area contributed by atoms with Crippen molar-refractivity contribution >= 4 is 27.5 Å². The van der Waals surface area contributed by atoms with Gasteiger partial charge in [0.25, 0.3) is 0 Å². The lowest BCUT2D eigenvalue weighted by Crippen LogP contribution is -2.25. The maximum absolute atomic E-state index is 11.1. The molecule has 0 spiro atoms. The van der Waals surface area contributed by atoms with Crippen molar-refractivity contribution in [1.29, 1.82) is 0 Å². The average Bonchev–Trinajstić information content (AvgIpc) is 2.96. The molecule has 1 heterocycles. The van der Waals surface area contributed by atoms with Crippen LogP contribution in [0.3, 0.4) is 0 Å². The van der Waals surface area contributed by atoms with E-state index in [1.165, 1.54) is 0 Å². The molecule has 1 aromatic heterocycles. The Labute approximate surface area is 132 Å². The molecule has 0 fully saturated rings. The van der Waals surface area contributed by atoms with E-state index in [0.717, 1.165) is 20.8 Å². The molecule has 0 saturated carbocycles. The predicted octanol–water partition coefficient (Wildman–Crippen LogP) is 4.21. The van der Waals surface area contributed by atoms with Gasteiger partial charge < -0.3 is 9.84 Å². The number of benzene rings is 2. The number of para-hydroxylation sites is 1. The topological polar surface area (TPSA) is 59.4 Å². The number of aromatic nitrogens is 1. The molecule has 0 aliphatic carbocycles. The molecule has 0 bridgehead atoms. The summed E-state index contributed by atoms with van der Waals surface area (Å²) in [6.07, 6.45) is -0.411. The Balaban J connectivity index is 1.91. The molecular weight excluding hydrogens is 298 g/mol. The van der Waals surface area contributed by atoms with Gasteiger partial charge in [0.15, 0.2) is 6.10 Å². The first kappa shape index (κ1) is 14.5. The normalized spacial score (nSPS) is 12.2. The van der Waals surface area contributed by atoms with Gasteiger partial charge in [-0.05, 0) is 30.7 Å². The fraction of sp³-hybridized carbons (Fsp3) is 0.176. The summed E-state index contributed by atoms with van der Waals surface area (Å²) in [6.45, 7) is 1.79. The van der Waals surface area contributed by atoms with Gasteiger partial charge in [-0.3, -0.25) is 0 Å². The van der Waals surface area contributed by atoms with Crippen LogP contribution in [-0.4, -0.2) is 22.2 Å². The SMILES string of the molecule is CCC(Oc1cccc(-c2nc3ccccc3s2)c1)C(=O)O. The number of ether oxygens (including phenoxy) is 1. The van der Waals surface area contributed by atoms with E-state index < -0.39 is 12.1 Å². The van der Waals surface area contributed by atoms with Crippen LogP contribution in [0.15, 0.2) is 48.5 Å². The summed E-state index contributed by atoms with van der Waals surface area (Å²) >= 11 is 1.61. The number of nitrogens with zero attached hydrogens (tertiary/aromatic N) is 1. The highest BCUT2D eigenvalue weighted by molar-refractivity contribution is 7.21. The molecule has 1 unspecified atom stereocenters. The Morgan fingerprint density at radius 3 is 2.82 bits per heavy atom. The molecule has 22 heavy (non-hydrogen) atoms. The van der Waals surface area contributed by atoms with E-state index in [0.29, 0.717) is 12.2 Å². The summed E-state index contributed by atoms with van der Waals surface area (Å²) in [7, 11) is 0. The molecule has 1 N–H and O–H groups in total. The summed E-state index contributed by atoms with van der Waals surface area (Å²) in [5.41, 5.74) is 1.89. The van der Waals surface area contributed by atoms with Gasteiger partial charge in [-0.1, -0.05) is 31.2 Å². The van der Waals surface area contributed by atoms with Crippen LogP contribution >= 0.6 is 11.3 Å². The van der Waals surface area contributed by atoms with Crippen molar-refractivity contribution < 1.29 is 14.6 Å². The lowest BCUT2D eigenvalue weighted by Gasteiger charge is -2.13. The minimum Gasteiger partial charge on any atom is -0.479 e. The summed E-state index contributed by atoms with van der Waals surface area (Å²) in [5.74, 6) is -0.404. The molecule has 3 rings (SSSR count). The Morgan fingerprint density at radius 2 is 2.09 bits per heavy atom. The number of carboxylic acid groups (broad SMARTS) is 1. The van der Waals surface area contributed by atoms with Gasteiger partial charge in [-0.15, -0.1) is 11.3 Å². The smallest absolute Gasteiger partial charge is 0.344 e. The Hall–Kier alpha value is -2.40. The summed E-state index contributed by atoms with van der Waals surface area (Å²) < 4.78 is 6.66. The minimum absolute atomic E-state index is 0.417. The van der Waals surface area contributed by atoms with E-state index in [2.05, 4.69) is 4.98 Å². The van der Waals surface area contributed by atoms with Gasteiger partial charge in [0.2, 0.25) is 0 Å². The van der Waals surface area contributed by atoms with Crippen molar-refractivity contribution in [2.24, 2.45) is 0 Å². The van der Waals surface area contributed by atoms with Crippen LogP contribution in [0.4, 0.5) is 0 Å². The van der Waals surface area contributed by atoms with Crippen LogP contribution < -0.4 is 4.74 Å². The van der Waals surface area contributed by atoms with Crippen LogP contribution in [-0.2, 0) is 4.79 Å². The first-order chi connectivity index (χ1) is 10.7. The maximum Gasteiger partial charge on any atom is 0.344 e. The zero-order valence-electron chi connectivity index (χ0n) is 12.0. The summed E-state index contributed by atoms with van der Waals surface area (Å²) in [6, 6.07) is 15.4. The van der Waals surface area contributed by atoms with Crippen molar-refractivity contribution in [3.63, 3.8) is 0 Å². The van der Waals surface area contributed by atoms with Gasteiger partial charge in [-0.25, -0.2) is 9.78 Å². The van der Waals surface area contributed by atoms with Crippen LogP contribution in [0.5, 0.6) is 5.75 Å². The Bertz CT molecular complexity index is 779. The molecule has 0 amide bonds. The monoisotopic (exact) mass is 313 g/mol. The first-order valence-corrected chi connectivity index (χ1v) is 7.84. The van der Waals surface area contributed by atoms with Crippen LogP contribution in [0.2, 0.25) is 0 Å². The molecule has 0 radical (unpaired) electrons. The van der Waals surface area contributed by atoms with Gasteiger partial charge in [0.1, 0.15) is 10.8 Å². The maximum atomic E-state index is 11.1. The zero-order chi connectivity index (χ0) is 15.5. The molecule has 5 heteroatoms. The fourth-order valence-corrected chi connectivity index (χ4v) is 3.13. The van der Waals surface area contributed by atoms with Crippen LogP contribution in [0.25, 0.3) is 20.8 Å². The quantitative estimate of drug-likeness (QED) is 0.766. The molecule has 2 aromatic carbocycles. The van der Waals surface area contributed by atoms with E-state index in [4.69, 9.17) is 9.84 Å². The van der Waals surface area contributed by atoms with Gasteiger partial charge in [-0.2, -0.15) is 0 Å². The number of rotatable bonds is 5. The highest BCUT2D eigenvalue weighted by atomic mass is 32.1. The highest BCUT2D eigenvalue weighted by Crippen LogP contribution is 2.31. The second-order valence-electron chi connectivity index (χ2n) is 4.87. The molecule has 3 aromatic rings. The lowest BCUT2D eigenvalue weighted by molar-refractivity contribution is -0.145. The van der Waals surface area contributed by atoms with Crippen molar-refractivity contribution in [1.82, 2.24) is 4.98 Å². The van der Waals surface area contributed by atoms with Gasteiger partial charge in [0.05, 0.1) is 10.2 Å². The van der Waals surface area contributed by atoms with E-state index >= 15 is 0 Å². The van der Waals surface area contributed by atoms with E-state index in [1.54, 1.807) is 24.3 Å². The van der Waals surface area contributed by atoms with Crippen LogP contribution in [0, 0.1) is 0 Å². The fourth-order valence-electron chi connectivity index (χ4n) is 2.17. The van der Waals surface area contributed by atoms with Crippen molar-refractivity contribution in [3.05, 3.63) is 48.5 Å². The largest absolute Gasteiger partial charge is 0.479 e. The molecule has 0 aliphatic heterocycles. The predicted molar refractivity (Wildman–Crippen MR) is 87.4 cm³/mol. The van der Waals surface area contributed by atoms with Gasteiger partial charge in [0, 0.05) is 5.56 Å². The minimum atomic E-state index is -0.951. The lowest BCUT2D eigenvalue weighted by atomic mass is 10.2. The number of carboxylic acids is 1. The highest BCUT2D eigenvalue weighted by Gasteiger charge is 2.17. The standard InChI is InChI=1S/C17H15NO3S/c1-2-14(17(19)20)21-12-7-5-6-11(10-12)16-18-13-8-3-4-9-15(13)22-16/h3-10,14H,2H2,1H3,(H,19,20). The third kappa shape index (κ3) is 2.94. The zero-order valence-corrected chi connectivity index (χ0v) is 12.8. The average molecular weight is 313 g/mol. The first-order valence-electron chi connectivity index (χ1n) is 7.03. The third-order valence-electron chi connectivity index (χ3n) is 3.30. The van der Waals surface area contributed by atoms with E-state index in [-0.39, 0.29) is 0 Å². The second kappa shape index (κ2) is 6.15. The van der Waals surface area contributed by atoms with E-state index in [9.17, 15) is 4.79 Å². The molecule has 112 valence electrons. The molecule has 4 nitrogen and oxygen atoms in total. The van der Waals surface area contributed by atoms with Crippen molar-refractivity contribution in [2.45, 2.75) is 19.4 Å². The number of hydrogen-bond donors (Lipinski definition) is 1. The van der Waals surface area contributed by atoms with Gasteiger partial charge >= 0.3 is 5.97 Å². The van der Waals surface area contributed by atoms with E-state index in [1.807, 2.05) is 42.5 Å². The van der Waals surface area contributed by atoms with Crippen molar-refractivity contribution in [3.8, 4) is 16.3 Å². The second-order valence-corrected chi connectivity index (χ2v) is 5.90. The molecular formula is C17H15NO3S. The number of carbonyl (C=O) groups is 1. The van der Waals surface area contributed by atoms with Crippen LogP contribution in [0.1, 0.15) is 13.3 Å². The number of fused-ring (bicyclic) bond motifs is 1. The molecule has 0 saturated heterocycles. The molecule has 1 atom stereocenters. The third-order valence-corrected chi connectivity index (χ3v) is 4.38. The summed E-state index contributed by atoms with van der Waals surface area (Å²) in [4.78, 5) is 15.7. The Morgan fingerprint density at radius 1 is 1.27 bits per heavy atom.